The van der Waals surface area contributed by atoms with Gasteiger partial charge in [-0.25, -0.2) is 14.4 Å². The van der Waals surface area contributed by atoms with Gasteiger partial charge in [-0.15, -0.1) is 0 Å². The number of aromatic nitrogens is 2. The van der Waals surface area contributed by atoms with Crippen molar-refractivity contribution in [3.63, 3.8) is 0 Å². The number of hydrogen-bond donors (Lipinski definition) is 1. The molecule has 1 heterocycles. The van der Waals surface area contributed by atoms with Gasteiger partial charge < -0.3 is 10.1 Å². The van der Waals surface area contributed by atoms with E-state index >= 15 is 0 Å². The molecule has 0 radical (unpaired) electrons. The maximum atomic E-state index is 13.1. The predicted molar refractivity (Wildman–Crippen MR) is 93.8 cm³/mol. The normalized spacial score (nSPS) is 20.1. The summed E-state index contributed by atoms with van der Waals surface area (Å²) in [5.41, 5.74) is 1.26. The van der Waals surface area contributed by atoms with Crippen molar-refractivity contribution in [3.8, 4) is 11.3 Å². The molecule has 1 aromatic heterocycles. The quantitative estimate of drug-likeness (QED) is 0.829. The summed E-state index contributed by atoms with van der Waals surface area (Å²) in [6.07, 6.45) is 4.93. The van der Waals surface area contributed by atoms with Crippen LogP contribution in [0.1, 0.15) is 25.7 Å². The molecule has 0 amide bonds. The lowest BCUT2D eigenvalue weighted by molar-refractivity contribution is -0.146. The SMILES string of the molecule is COC(=O)[C@H]1CCC[C@@H](Nc2ncc(Cl)c(-c3ccc(F)cc3)n2)C1. The fourth-order valence-corrected chi connectivity index (χ4v) is 3.33. The van der Waals surface area contributed by atoms with E-state index in [-0.39, 0.29) is 23.7 Å². The highest BCUT2D eigenvalue weighted by Crippen LogP contribution is 2.29. The molecular formula is C18H19ClFN3O2. The molecule has 2 aromatic rings. The number of esters is 1. The number of rotatable bonds is 4. The van der Waals surface area contributed by atoms with Gasteiger partial charge in [0.1, 0.15) is 5.82 Å². The van der Waals surface area contributed by atoms with E-state index in [4.69, 9.17) is 16.3 Å². The third-order valence-corrected chi connectivity index (χ3v) is 4.68. The number of anilines is 1. The summed E-state index contributed by atoms with van der Waals surface area (Å²) in [4.78, 5) is 20.4. The van der Waals surface area contributed by atoms with Gasteiger partial charge in [0.25, 0.3) is 0 Å². The zero-order valence-electron chi connectivity index (χ0n) is 13.8. The highest BCUT2D eigenvalue weighted by molar-refractivity contribution is 6.32. The van der Waals surface area contributed by atoms with E-state index in [0.717, 1.165) is 19.3 Å². The van der Waals surface area contributed by atoms with E-state index in [1.165, 1.54) is 25.4 Å². The molecule has 0 saturated heterocycles. The molecule has 1 aliphatic carbocycles. The summed E-state index contributed by atoms with van der Waals surface area (Å²) in [6.45, 7) is 0. The Morgan fingerprint density at radius 3 is 2.80 bits per heavy atom. The molecule has 7 heteroatoms. The summed E-state index contributed by atoms with van der Waals surface area (Å²) in [6, 6.07) is 6.08. The number of methoxy groups -OCH3 is 1. The van der Waals surface area contributed by atoms with Gasteiger partial charge in [-0.2, -0.15) is 0 Å². The van der Waals surface area contributed by atoms with Crippen molar-refractivity contribution in [1.82, 2.24) is 9.97 Å². The minimum Gasteiger partial charge on any atom is -0.469 e. The average Bonchev–Trinajstić information content (AvgIpc) is 2.63. The van der Waals surface area contributed by atoms with Gasteiger partial charge in [0.05, 0.1) is 29.9 Å². The summed E-state index contributed by atoms with van der Waals surface area (Å²) < 4.78 is 18.0. The smallest absolute Gasteiger partial charge is 0.308 e. The standard InChI is InChI=1S/C18H19ClFN3O2/c1-25-17(24)12-3-2-4-14(9-12)22-18-21-10-15(19)16(23-18)11-5-7-13(20)8-6-11/h5-8,10,12,14H,2-4,9H2,1H3,(H,21,22,23)/t12-,14+/m0/s1. The van der Waals surface area contributed by atoms with E-state index < -0.39 is 0 Å². The van der Waals surface area contributed by atoms with E-state index in [9.17, 15) is 9.18 Å². The van der Waals surface area contributed by atoms with Gasteiger partial charge in [0, 0.05) is 11.6 Å². The van der Waals surface area contributed by atoms with Crippen LogP contribution < -0.4 is 5.32 Å². The van der Waals surface area contributed by atoms with Crippen molar-refractivity contribution in [2.75, 3.05) is 12.4 Å². The lowest BCUT2D eigenvalue weighted by Gasteiger charge is -2.28. The number of nitrogens with one attached hydrogen (secondary N) is 1. The molecule has 25 heavy (non-hydrogen) atoms. The first kappa shape index (κ1) is 17.6. The summed E-state index contributed by atoms with van der Waals surface area (Å²) >= 11 is 6.19. The van der Waals surface area contributed by atoms with Crippen LogP contribution in [0.15, 0.2) is 30.5 Å². The van der Waals surface area contributed by atoms with Crippen LogP contribution in [0.4, 0.5) is 10.3 Å². The fourth-order valence-electron chi connectivity index (χ4n) is 3.13. The molecule has 1 aliphatic rings. The van der Waals surface area contributed by atoms with Crippen molar-refractivity contribution < 1.29 is 13.9 Å². The molecule has 0 spiro atoms. The van der Waals surface area contributed by atoms with Crippen LogP contribution in [-0.2, 0) is 9.53 Å². The van der Waals surface area contributed by atoms with Crippen LogP contribution in [0.2, 0.25) is 5.02 Å². The van der Waals surface area contributed by atoms with Gasteiger partial charge in [-0.3, -0.25) is 4.79 Å². The second-order valence-corrected chi connectivity index (χ2v) is 6.53. The topological polar surface area (TPSA) is 64.1 Å². The van der Waals surface area contributed by atoms with Gasteiger partial charge in [-0.05, 0) is 43.5 Å². The van der Waals surface area contributed by atoms with E-state index in [1.807, 2.05) is 0 Å². The second kappa shape index (κ2) is 7.78. The van der Waals surface area contributed by atoms with Gasteiger partial charge >= 0.3 is 5.97 Å². The maximum absolute atomic E-state index is 13.1. The number of ether oxygens (including phenoxy) is 1. The Morgan fingerprint density at radius 1 is 1.32 bits per heavy atom. The first-order valence-corrected chi connectivity index (χ1v) is 8.57. The van der Waals surface area contributed by atoms with Crippen LogP contribution >= 0.6 is 11.6 Å². The molecule has 3 rings (SSSR count). The number of hydrogen-bond acceptors (Lipinski definition) is 5. The lowest BCUT2D eigenvalue weighted by atomic mass is 9.86. The Balaban J connectivity index is 1.76. The Kier molecular flexibility index (Phi) is 5.48. The van der Waals surface area contributed by atoms with Crippen molar-refractivity contribution in [2.45, 2.75) is 31.7 Å². The Morgan fingerprint density at radius 2 is 2.08 bits per heavy atom. The van der Waals surface area contributed by atoms with Crippen LogP contribution in [0.3, 0.4) is 0 Å². The highest BCUT2D eigenvalue weighted by Gasteiger charge is 2.28. The van der Waals surface area contributed by atoms with E-state index in [2.05, 4.69) is 15.3 Å². The van der Waals surface area contributed by atoms with Crippen molar-refractivity contribution >= 4 is 23.5 Å². The zero-order chi connectivity index (χ0) is 17.8. The van der Waals surface area contributed by atoms with Crippen molar-refractivity contribution in [3.05, 3.63) is 41.3 Å². The number of halogens is 2. The van der Waals surface area contributed by atoms with E-state index in [0.29, 0.717) is 28.6 Å². The predicted octanol–water partition coefficient (Wildman–Crippen LogP) is 4.08. The Bertz CT molecular complexity index is 754. The minimum absolute atomic E-state index is 0.0971. The average molecular weight is 364 g/mol. The lowest BCUT2D eigenvalue weighted by Crippen LogP contribution is -2.32. The summed E-state index contributed by atoms with van der Waals surface area (Å²) in [5, 5.41) is 3.67. The van der Waals surface area contributed by atoms with Crippen molar-refractivity contribution in [1.29, 1.82) is 0 Å². The third-order valence-electron chi connectivity index (χ3n) is 4.40. The molecule has 132 valence electrons. The first-order chi connectivity index (χ1) is 12.1. The molecule has 5 nitrogen and oxygen atoms in total. The zero-order valence-corrected chi connectivity index (χ0v) is 14.6. The largest absolute Gasteiger partial charge is 0.469 e. The summed E-state index contributed by atoms with van der Waals surface area (Å²) in [5.74, 6) is -0.141. The number of nitrogens with zero attached hydrogens (tertiary/aromatic N) is 2. The Labute approximate surface area is 150 Å². The van der Waals surface area contributed by atoms with Gasteiger partial charge in [0.2, 0.25) is 5.95 Å². The van der Waals surface area contributed by atoms with Gasteiger partial charge in [-0.1, -0.05) is 18.0 Å². The third kappa shape index (κ3) is 4.25. The van der Waals surface area contributed by atoms with Crippen molar-refractivity contribution in [2.24, 2.45) is 5.92 Å². The van der Waals surface area contributed by atoms with Gasteiger partial charge in [0.15, 0.2) is 0 Å². The minimum atomic E-state index is -0.316. The molecule has 1 fully saturated rings. The molecular weight excluding hydrogens is 345 g/mol. The fraction of sp³-hybridized carbons (Fsp3) is 0.389. The number of carbonyl (C=O) groups excluding carboxylic acids is 1. The molecule has 0 aliphatic heterocycles. The molecule has 1 saturated carbocycles. The highest BCUT2D eigenvalue weighted by atomic mass is 35.5. The molecule has 1 aromatic carbocycles. The number of benzene rings is 1. The second-order valence-electron chi connectivity index (χ2n) is 6.12. The monoisotopic (exact) mass is 363 g/mol. The Hall–Kier alpha value is -2.21. The van der Waals surface area contributed by atoms with Crippen LogP contribution in [-0.4, -0.2) is 29.1 Å². The van der Waals surface area contributed by atoms with Crippen LogP contribution in [0, 0.1) is 11.7 Å². The molecule has 2 atom stereocenters. The first-order valence-electron chi connectivity index (χ1n) is 8.19. The molecule has 0 unspecified atom stereocenters. The molecule has 0 bridgehead atoms. The molecule has 1 N–H and O–H groups in total. The van der Waals surface area contributed by atoms with Crippen LogP contribution in [0.5, 0.6) is 0 Å². The summed E-state index contributed by atoms with van der Waals surface area (Å²) in [7, 11) is 1.41. The van der Waals surface area contributed by atoms with Crippen LogP contribution in [0.25, 0.3) is 11.3 Å². The maximum Gasteiger partial charge on any atom is 0.308 e. The van der Waals surface area contributed by atoms with E-state index in [1.54, 1.807) is 12.1 Å². The number of carbonyl (C=O) groups is 1.